The Morgan fingerprint density at radius 2 is 2.14 bits per heavy atom. The molecule has 0 radical (unpaired) electrons. The molecule has 7 heteroatoms. The Kier molecular flexibility index (Phi) is 6.39. The van der Waals surface area contributed by atoms with E-state index in [2.05, 4.69) is 15.3 Å². The highest BCUT2D eigenvalue weighted by Crippen LogP contribution is 2.17. The van der Waals surface area contributed by atoms with Gasteiger partial charge in [0.1, 0.15) is 0 Å². The van der Waals surface area contributed by atoms with Gasteiger partial charge in [0, 0.05) is 31.4 Å². The Balaban J connectivity index is 1.86. The van der Waals surface area contributed by atoms with E-state index < -0.39 is 0 Å². The minimum Gasteiger partial charge on any atom is -0.478 e. The first-order valence-corrected chi connectivity index (χ1v) is 7.75. The standard InChI is InChI=1S/C15H24N4O3/c1-3-22-14-12(10-17-15(18-14)21-2)9-16-11-13(20)19-7-5-4-6-8-19/h10,16H,3-9,11H2,1-2H3. The van der Waals surface area contributed by atoms with Crippen LogP contribution in [0.2, 0.25) is 0 Å². The number of nitrogens with one attached hydrogen (secondary N) is 1. The Morgan fingerprint density at radius 3 is 2.82 bits per heavy atom. The number of carbonyl (C=O) groups is 1. The SMILES string of the molecule is CCOc1nc(OC)ncc1CNCC(=O)N1CCCCC1. The smallest absolute Gasteiger partial charge is 0.319 e. The van der Waals surface area contributed by atoms with Gasteiger partial charge < -0.3 is 19.7 Å². The highest BCUT2D eigenvalue weighted by molar-refractivity contribution is 5.78. The Morgan fingerprint density at radius 1 is 1.36 bits per heavy atom. The molecule has 22 heavy (non-hydrogen) atoms. The summed E-state index contributed by atoms with van der Waals surface area (Å²) < 4.78 is 10.5. The largest absolute Gasteiger partial charge is 0.478 e. The molecule has 0 aromatic carbocycles. The monoisotopic (exact) mass is 308 g/mol. The number of rotatable bonds is 7. The summed E-state index contributed by atoms with van der Waals surface area (Å²) >= 11 is 0. The Bertz CT molecular complexity index is 490. The molecule has 0 spiro atoms. The van der Waals surface area contributed by atoms with Gasteiger partial charge in [0.25, 0.3) is 0 Å². The maximum Gasteiger partial charge on any atom is 0.319 e. The average molecular weight is 308 g/mol. The fraction of sp³-hybridized carbons (Fsp3) is 0.667. The van der Waals surface area contributed by atoms with Crippen LogP contribution in [0.4, 0.5) is 0 Å². The normalized spacial score (nSPS) is 14.7. The molecule has 0 saturated carbocycles. The van der Waals surface area contributed by atoms with Gasteiger partial charge in [0.15, 0.2) is 0 Å². The van der Waals surface area contributed by atoms with E-state index in [0.717, 1.165) is 31.5 Å². The predicted molar refractivity (Wildman–Crippen MR) is 81.9 cm³/mol. The van der Waals surface area contributed by atoms with Crippen LogP contribution in [0, 0.1) is 0 Å². The molecule has 1 N–H and O–H groups in total. The van der Waals surface area contributed by atoms with Gasteiger partial charge in [-0.05, 0) is 26.2 Å². The van der Waals surface area contributed by atoms with E-state index in [1.165, 1.54) is 13.5 Å². The number of ether oxygens (including phenoxy) is 2. The average Bonchev–Trinajstić information content (AvgIpc) is 2.57. The van der Waals surface area contributed by atoms with Crippen molar-refractivity contribution in [3.05, 3.63) is 11.8 Å². The van der Waals surface area contributed by atoms with E-state index in [4.69, 9.17) is 9.47 Å². The van der Waals surface area contributed by atoms with Crippen molar-refractivity contribution < 1.29 is 14.3 Å². The molecule has 2 rings (SSSR count). The molecule has 0 aliphatic carbocycles. The first-order valence-electron chi connectivity index (χ1n) is 7.75. The van der Waals surface area contributed by atoms with E-state index in [9.17, 15) is 4.79 Å². The quantitative estimate of drug-likeness (QED) is 0.809. The van der Waals surface area contributed by atoms with Crippen LogP contribution in [0.1, 0.15) is 31.7 Å². The Labute approximate surface area is 131 Å². The predicted octanol–water partition coefficient (Wildman–Crippen LogP) is 0.986. The van der Waals surface area contributed by atoms with Crippen LogP contribution >= 0.6 is 0 Å². The summed E-state index contributed by atoms with van der Waals surface area (Å²) in [6.07, 6.45) is 5.09. The molecular formula is C15H24N4O3. The van der Waals surface area contributed by atoms with Gasteiger partial charge in [-0.1, -0.05) is 0 Å². The van der Waals surface area contributed by atoms with Gasteiger partial charge >= 0.3 is 6.01 Å². The number of aromatic nitrogens is 2. The van der Waals surface area contributed by atoms with Gasteiger partial charge in [-0.25, -0.2) is 4.98 Å². The van der Waals surface area contributed by atoms with Crippen LogP contribution in [0.25, 0.3) is 0 Å². The lowest BCUT2D eigenvalue weighted by atomic mass is 10.1. The van der Waals surface area contributed by atoms with E-state index in [1.54, 1.807) is 6.20 Å². The summed E-state index contributed by atoms with van der Waals surface area (Å²) in [4.78, 5) is 22.3. The van der Waals surface area contributed by atoms with Gasteiger partial charge in [0.2, 0.25) is 11.8 Å². The van der Waals surface area contributed by atoms with Crippen molar-refractivity contribution in [2.45, 2.75) is 32.7 Å². The van der Waals surface area contributed by atoms with E-state index in [1.807, 2.05) is 11.8 Å². The lowest BCUT2D eigenvalue weighted by molar-refractivity contribution is -0.131. The second kappa shape index (κ2) is 8.53. The zero-order valence-corrected chi connectivity index (χ0v) is 13.3. The number of methoxy groups -OCH3 is 1. The van der Waals surface area contributed by atoms with E-state index in [0.29, 0.717) is 25.6 Å². The number of piperidine rings is 1. The zero-order valence-electron chi connectivity index (χ0n) is 13.3. The topological polar surface area (TPSA) is 76.6 Å². The molecule has 2 heterocycles. The van der Waals surface area contributed by atoms with Gasteiger partial charge in [0.05, 0.1) is 20.3 Å². The molecule has 122 valence electrons. The van der Waals surface area contributed by atoms with Crippen molar-refractivity contribution in [1.82, 2.24) is 20.2 Å². The molecule has 0 unspecified atom stereocenters. The third-order valence-corrected chi connectivity index (χ3v) is 3.57. The summed E-state index contributed by atoms with van der Waals surface area (Å²) in [5.41, 5.74) is 0.814. The number of carbonyl (C=O) groups excluding carboxylic acids is 1. The van der Waals surface area contributed by atoms with Gasteiger partial charge in [-0.2, -0.15) is 4.98 Å². The van der Waals surface area contributed by atoms with Crippen LogP contribution in [-0.4, -0.2) is 54.1 Å². The van der Waals surface area contributed by atoms with Crippen molar-refractivity contribution >= 4 is 5.91 Å². The summed E-state index contributed by atoms with van der Waals surface area (Å²) in [5, 5.41) is 3.14. The maximum absolute atomic E-state index is 12.1. The van der Waals surface area contributed by atoms with Crippen LogP contribution in [0.5, 0.6) is 11.9 Å². The summed E-state index contributed by atoms with van der Waals surface area (Å²) in [6.45, 7) is 4.95. The third kappa shape index (κ3) is 4.56. The maximum atomic E-state index is 12.1. The van der Waals surface area contributed by atoms with Gasteiger partial charge in [-0.3, -0.25) is 4.79 Å². The van der Waals surface area contributed by atoms with Crippen molar-refractivity contribution in [3.63, 3.8) is 0 Å². The van der Waals surface area contributed by atoms with Crippen LogP contribution < -0.4 is 14.8 Å². The lowest BCUT2D eigenvalue weighted by Gasteiger charge is -2.26. The van der Waals surface area contributed by atoms with Crippen LogP contribution in [0.15, 0.2) is 6.20 Å². The third-order valence-electron chi connectivity index (χ3n) is 3.57. The first-order chi connectivity index (χ1) is 10.7. The fourth-order valence-corrected chi connectivity index (χ4v) is 2.42. The molecule has 1 aliphatic rings. The molecule has 1 amide bonds. The molecule has 0 bridgehead atoms. The molecule has 7 nitrogen and oxygen atoms in total. The zero-order chi connectivity index (χ0) is 15.8. The van der Waals surface area contributed by atoms with E-state index in [-0.39, 0.29) is 11.9 Å². The molecule has 1 aromatic heterocycles. The number of hydrogen-bond donors (Lipinski definition) is 1. The minimum atomic E-state index is 0.145. The van der Waals surface area contributed by atoms with E-state index >= 15 is 0 Å². The number of hydrogen-bond acceptors (Lipinski definition) is 6. The summed E-state index contributed by atoms with van der Waals surface area (Å²) in [6, 6.07) is 0.275. The minimum absolute atomic E-state index is 0.145. The summed E-state index contributed by atoms with van der Waals surface area (Å²) in [5.74, 6) is 0.638. The fourth-order valence-electron chi connectivity index (χ4n) is 2.42. The lowest BCUT2D eigenvalue weighted by Crippen LogP contribution is -2.41. The highest BCUT2D eigenvalue weighted by Gasteiger charge is 2.16. The molecule has 1 aliphatic heterocycles. The van der Waals surface area contributed by atoms with Crippen molar-refractivity contribution in [2.75, 3.05) is 33.4 Å². The molecular weight excluding hydrogens is 284 g/mol. The van der Waals surface area contributed by atoms with Crippen molar-refractivity contribution in [1.29, 1.82) is 0 Å². The van der Waals surface area contributed by atoms with Gasteiger partial charge in [-0.15, -0.1) is 0 Å². The molecule has 1 aromatic rings. The number of nitrogens with zero attached hydrogens (tertiary/aromatic N) is 3. The van der Waals surface area contributed by atoms with Crippen molar-refractivity contribution in [2.24, 2.45) is 0 Å². The molecule has 1 fully saturated rings. The Hall–Kier alpha value is -1.89. The second-order valence-corrected chi connectivity index (χ2v) is 5.17. The molecule has 0 atom stereocenters. The van der Waals surface area contributed by atoms with Crippen LogP contribution in [-0.2, 0) is 11.3 Å². The number of likely N-dealkylation sites (tertiary alicyclic amines) is 1. The number of amides is 1. The van der Waals surface area contributed by atoms with Crippen LogP contribution in [0.3, 0.4) is 0 Å². The molecule has 1 saturated heterocycles. The van der Waals surface area contributed by atoms with Crippen molar-refractivity contribution in [3.8, 4) is 11.9 Å². The summed E-state index contributed by atoms with van der Waals surface area (Å²) in [7, 11) is 1.51. The second-order valence-electron chi connectivity index (χ2n) is 5.17. The first kappa shape index (κ1) is 16.5. The highest BCUT2D eigenvalue weighted by atomic mass is 16.5.